The van der Waals surface area contributed by atoms with Crippen molar-refractivity contribution in [2.24, 2.45) is 0 Å². The van der Waals surface area contributed by atoms with E-state index in [9.17, 15) is 13.2 Å². The monoisotopic (exact) mass is 406 g/mol. The number of carbonyl (C=O) groups is 1. The molecule has 0 spiro atoms. The largest absolute Gasteiger partial charge is 0.496 e. The minimum Gasteiger partial charge on any atom is -0.496 e. The zero-order valence-electron chi connectivity index (χ0n) is 16.9. The average Bonchev–Trinajstić information content (AvgIpc) is 2.68. The summed E-state index contributed by atoms with van der Waals surface area (Å²) in [6.07, 6.45) is 0. The van der Waals surface area contributed by atoms with Gasteiger partial charge < -0.3 is 15.0 Å². The molecule has 2 N–H and O–H groups in total. The molecule has 0 radical (unpaired) electrons. The van der Waals surface area contributed by atoms with Crippen molar-refractivity contribution < 1.29 is 22.8 Å². The Hall–Kier alpha value is -2.42. The van der Waals surface area contributed by atoms with E-state index in [2.05, 4.69) is 5.32 Å². The molecule has 28 heavy (non-hydrogen) atoms. The van der Waals surface area contributed by atoms with E-state index in [4.69, 9.17) is 4.74 Å². The third-order valence-corrected chi connectivity index (χ3v) is 6.36. The number of methoxy groups -OCH3 is 1. The van der Waals surface area contributed by atoms with Crippen LogP contribution in [-0.4, -0.2) is 60.5 Å². The molecular weight excluding hydrogens is 378 g/mol. The molecule has 0 saturated carbocycles. The van der Waals surface area contributed by atoms with Gasteiger partial charge >= 0.3 is 0 Å². The Balaban J connectivity index is 2.20. The minimum absolute atomic E-state index is 0.0196. The molecule has 0 unspecified atom stereocenters. The first-order valence-electron chi connectivity index (χ1n) is 8.92. The second kappa shape index (κ2) is 9.18. The Morgan fingerprint density at radius 3 is 2.43 bits per heavy atom. The first-order valence-corrected chi connectivity index (χ1v) is 10.4. The van der Waals surface area contributed by atoms with Gasteiger partial charge in [0.15, 0.2) is 0 Å². The summed E-state index contributed by atoms with van der Waals surface area (Å²) in [6, 6.07) is 13.7. The highest BCUT2D eigenvalue weighted by molar-refractivity contribution is 7.89. The van der Waals surface area contributed by atoms with Crippen molar-refractivity contribution in [1.82, 2.24) is 9.62 Å². The van der Waals surface area contributed by atoms with E-state index in [1.807, 2.05) is 38.4 Å². The normalized spacial score (nSPS) is 12.8. The number of nitrogens with one attached hydrogen (secondary N) is 2. The van der Waals surface area contributed by atoms with Gasteiger partial charge in [-0.15, -0.1) is 0 Å². The van der Waals surface area contributed by atoms with Gasteiger partial charge in [-0.1, -0.05) is 18.2 Å². The lowest BCUT2D eigenvalue weighted by Crippen LogP contribution is -3.07. The molecule has 0 saturated heterocycles. The van der Waals surface area contributed by atoms with Gasteiger partial charge in [-0.2, -0.15) is 0 Å². The van der Waals surface area contributed by atoms with Gasteiger partial charge in [-0.3, -0.25) is 4.79 Å². The fraction of sp³-hybridized carbons (Fsp3) is 0.350. The van der Waals surface area contributed by atoms with Gasteiger partial charge in [0.05, 0.1) is 38.2 Å². The summed E-state index contributed by atoms with van der Waals surface area (Å²) in [5.41, 5.74) is 1.30. The Bertz CT molecular complexity index is 927. The van der Waals surface area contributed by atoms with Gasteiger partial charge in [-0.25, -0.2) is 12.7 Å². The van der Waals surface area contributed by atoms with E-state index in [1.165, 1.54) is 26.2 Å². The van der Waals surface area contributed by atoms with E-state index in [0.29, 0.717) is 12.1 Å². The maximum Gasteiger partial charge on any atom is 0.251 e. The number of para-hydroxylation sites is 1. The molecule has 0 fully saturated rings. The molecule has 0 heterocycles. The second-order valence-electron chi connectivity index (χ2n) is 6.90. The van der Waals surface area contributed by atoms with Gasteiger partial charge in [0.1, 0.15) is 11.8 Å². The van der Waals surface area contributed by atoms with Gasteiger partial charge in [0.25, 0.3) is 5.91 Å². The summed E-state index contributed by atoms with van der Waals surface area (Å²) in [5.74, 6) is 0.443. The Morgan fingerprint density at radius 2 is 1.82 bits per heavy atom. The number of quaternary nitrogens is 1. The summed E-state index contributed by atoms with van der Waals surface area (Å²) in [4.78, 5) is 13.9. The van der Waals surface area contributed by atoms with Crippen LogP contribution in [0.1, 0.15) is 22.0 Å². The average molecular weight is 407 g/mol. The predicted molar refractivity (Wildman–Crippen MR) is 108 cm³/mol. The summed E-state index contributed by atoms with van der Waals surface area (Å²) in [7, 11) is 4.96. The van der Waals surface area contributed by atoms with E-state index < -0.39 is 10.0 Å². The van der Waals surface area contributed by atoms with E-state index in [1.54, 1.807) is 19.2 Å². The number of hydrogen-bond acceptors (Lipinski definition) is 4. The summed E-state index contributed by atoms with van der Waals surface area (Å²) < 4.78 is 31.2. The highest BCUT2D eigenvalue weighted by atomic mass is 32.2. The van der Waals surface area contributed by atoms with Crippen molar-refractivity contribution in [3.05, 3.63) is 59.7 Å². The van der Waals surface area contributed by atoms with Crippen LogP contribution >= 0.6 is 0 Å². The van der Waals surface area contributed by atoms with Gasteiger partial charge in [-0.05, 0) is 30.3 Å². The number of ether oxygens (including phenoxy) is 1. The first-order chi connectivity index (χ1) is 13.2. The third kappa shape index (κ3) is 4.89. The molecule has 2 aromatic carbocycles. The molecule has 0 aliphatic rings. The fourth-order valence-electron chi connectivity index (χ4n) is 2.88. The molecule has 1 amide bonds. The van der Waals surface area contributed by atoms with Crippen molar-refractivity contribution in [1.29, 1.82) is 0 Å². The predicted octanol–water partition coefficient (Wildman–Crippen LogP) is 0.561. The van der Waals surface area contributed by atoms with E-state index in [0.717, 1.165) is 20.5 Å². The maximum atomic E-state index is 12.6. The van der Waals surface area contributed by atoms with Crippen LogP contribution in [0, 0.1) is 0 Å². The molecule has 0 aliphatic heterocycles. The van der Waals surface area contributed by atoms with Crippen LogP contribution in [0.5, 0.6) is 5.75 Å². The maximum absolute atomic E-state index is 12.6. The van der Waals surface area contributed by atoms with Crippen LogP contribution in [-0.2, 0) is 10.0 Å². The molecule has 2 rings (SSSR count). The smallest absolute Gasteiger partial charge is 0.251 e. The number of benzene rings is 2. The quantitative estimate of drug-likeness (QED) is 0.671. The number of nitrogens with zero attached hydrogens (tertiary/aromatic N) is 1. The molecule has 152 valence electrons. The third-order valence-electron chi connectivity index (χ3n) is 4.55. The summed E-state index contributed by atoms with van der Waals surface area (Å²) in [5, 5.41) is 2.91. The van der Waals surface area contributed by atoms with Crippen molar-refractivity contribution in [3.8, 4) is 5.75 Å². The van der Waals surface area contributed by atoms with Crippen LogP contribution in [0.4, 0.5) is 0 Å². The molecule has 0 bridgehead atoms. The standard InChI is InChI=1S/C20H27N3O4S/c1-22(2)18(17-11-6-7-12-19(17)27-5)14-21-20(24)15-9-8-10-16(13-15)28(25,26)23(3)4/h6-13,18H,14H2,1-5H3,(H,21,24)/p+1/t18-/m1/s1. The molecule has 0 aromatic heterocycles. The van der Waals surface area contributed by atoms with Crippen molar-refractivity contribution in [2.45, 2.75) is 10.9 Å². The highest BCUT2D eigenvalue weighted by Crippen LogP contribution is 2.22. The zero-order chi connectivity index (χ0) is 20.9. The van der Waals surface area contributed by atoms with Crippen molar-refractivity contribution >= 4 is 15.9 Å². The fourth-order valence-corrected chi connectivity index (χ4v) is 3.83. The van der Waals surface area contributed by atoms with Crippen molar-refractivity contribution in [3.63, 3.8) is 0 Å². The molecule has 0 aliphatic carbocycles. The zero-order valence-corrected chi connectivity index (χ0v) is 17.7. The number of hydrogen-bond donors (Lipinski definition) is 2. The van der Waals surface area contributed by atoms with Crippen LogP contribution in [0.25, 0.3) is 0 Å². The molecule has 7 nitrogen and oxygen atoms in total. The molecular formula is C20H28N3O4S+. The second-order valence-corrected chi connectivity index (χ2v) is 9.05. The lowest BCUT2D eigenvalue weighted by atomic mass is 10.0. The minimum atomic E-state index is -3.60. The highest BCUT2D eigenvalue weighted by Gasteiger charge is 2.23. The van der Waals surface area contributed by atoms with Crippen molar-refractivity contribution in [2.75, 3.05) is 41.8 Å². The number of carbonyl (C=O) groups excluding carboxylic acids is 1. The summed E-state index contributed by atoms with van der Waals surface area (Å²) in [6.45, 7) is 0.381. The Morgan fingerprint density at radius 1 is 1.14 bits per heavy atom. The summed E-state index contributed by atoms with van der Waals surface area (Å²) >= 11 is 0. The van der Waals surface area contributed by atoms with E-state index in [-0.39, 0.29) is 16.8 Å². The van der Waals surface area contributed by atoms with Crippen LogP contribution in [0.3, 0.4) is 0 Å². The number of likely N-dealkylation sites (N-methyl/N-ethyl adjacent to an activating group) is 1. The molecule has 2 aromatic rings. The lowest BCUT2D eigenvalue weighted by Gasteiger charge is -2.24. The Kier molecular flexibility index (Phi) is 7.17. The number of sulfonamides is 1. The molecule has 1 atom stereocenters. The van der Waals surface area contributed by atoms with Crippen LogP contribution < -0.4 is 15.0 Å². The van der Waals surface area contributed by atoms with E-state index >= 15 is 0 Å². The number of amides is 1. The van der Waals surface area contributed by atoms with Gasteiger partial charge in [0, 0.05) is 19.7 Å². The van der Waals surface area contributed by atoms with Gasteiger partial charge in [0.2, 0.25) is 10.0 Å². The Labute approximate surface area is 167 Å². The van der Waals surface area contributed by atoms with Crippen LogP contribution in [0.15, 0.2) is 53.4 Å². The SMILES string of the molecule is COc1ccccc1[C@@H](CNC(=O)c1cccc(S(=O)(=O)N(C)C)c1)[NH+](C)C. The topological polar surface area (TPSA) is 80.1 Å². The lowest BCUT2D eigenvalue weighted by molar-refractivity contribution is -0.890. The first kappa shape index (κ1) is 21.9. The molecule has 8 heteroatoms. The van der Waals surface area contributed by atoms with Crippen LogP contribution in [0.2, 0.25) is 0 Å². The number of rotatable bonds is 8.